The third kappa shape index (κ3) is 5.75. The molecule has 0 radical (unpaired) electrons. The molecule has 0 heterocycles. The zero-order chi connectivity index (χ0) is 24.9. The molecule has 182 valence electrons. The SMILES string of the molecule is CCC(NC(=O)C(CC(C)(C)OC)NC(=O)OCC1c2ccccc2-c2ccccc21)C(=O)O. The van der Waals surface area contributed by atoms with E-state index in [1.165, 1.54) is 7.11 Å². The minimum absolute atomic E-state index is 0.106. The predicted octanol–water partition coefficient (Wildman–Crippen LogP) is 3.69. The van der Waals surface area contributed by atoms with Crippen LogP contribution < -0.4 is 10.6 Å². The molecule has 2 unspecified atom stereocenters. The van der Waals surface area contributed by atoms with E-state index in [2.05, 4.69) is 10.6 Å². The number of fused-ring (bicyclic) bond motifs is 3. The molecular formula is C26H32N2O6. The number of hydrogen-bond acceptors (Lipinski definition) is 5. The molecule has 2 aromatic rings. The Kier molecular flexibility index (Phi) is 7.94. The molecule has 0 fully saturated rings. The van der Waals surface area contributed by atoms with Gasteiger partial charge < -0.3 is 25.2 Å². The Morgan fingerprint density at radius 2 is 1.53 bits per heavy atom. The van der Waals surface area contributed by atoms with Crippen LogP contribution >= 0.6 is 0 Å². The molecule has 1 aliphatic carbocycles. The van der Waals surface area contributed by atoms with E-state index in [1.807, 2.05) is 48.5 Å². The van der Waals surface area contributed by atoms with Gasteiger partial charge in [-0.25, -0.2) is 9.59 Å². The Hall–Kier alpha value is -3.39. The fourth-order valence-electron chi connectivity index (χ4n) is 4.18. The number of carboxylic acid groups (broad SMARTS) is 1. The third-order valence-corrected chi connectivity index (χ3v) is 6.22. The molecule has 8 heteroatoms. The van der Waals surface area contributed by atoms with Gasteiger partial charge in [-0.3, -0.25) is 4.79 Å². The molecule has 3 N–H and O–H groups in total. The van der Waals surface area contributed by atoms with Crippen molar-refractivity contribution in [2.24, 2.45) is 0 Å². The quantitative estimate of drug-likeness (QED) is 0.490. The molecule has 2 amide bonds. The first-order valence-corrected chi connectivity index (χ1v) is 11.4. The second-order valence-corrected chi connectivity index (χ2v) is 9.00. The molecule has 0 aromatic heterocycles. The number of methoxy groups -OCH3 is 1. The van der Waals surface area contributed by atoms with Crippen molar-refractivity contribution >= 4 is 18.0 Å². The van der Waals surface area contributed by atoms with E-state index in [4.69, 9.17) is 9.47 Å². The minimum atomic E-state index is -1.14. The van der Waals surface area contributed by atoms with Gasteiger partial charge in [0, 0.05) is 19.4 Å². The number of carbonyl (C=O) groups excluding carboxylic acids is 2. The van der Waals surface area contributed by atoms with Crippen LogP contribution in [0.15, 0.2) is 48.5 Å². The first-order chi connectivity index (χ1) is 16.2. The number of carbonyl (C=O) groups is 3. The summed E-state index contributed by atoms with van der Waals surface area (Å²) < 4.78 is 11.0. The molecular weight excluding hydrogens is 436 g/mol. The monoisotopic (exact) mass is 468 g/mol. The van der Waals surface area contributed by atoms with Crippen molar-refractivity contribution in [2.75, 3.05) is 13.7 Å². The van der Waals surface area contributed by atoms with Crippen molar-refractivity contribution < 1.29 is 29.0 Å². The summed E-state index contributed by atoms with van der Waals surface area (Å²) in [5, 5.41) is 14.4. The van der Waals surface area contributed by atoms with E-state index in [-0.39, 0.29) is 25.4 Å². The summed E-state index contributed by atoms with van der Waals surface area (Å²) in [4.78, 5) is 36.9. The molecule has 0 aliphatic heterocycles. The van der Waals surface area contributed by atoms with Crippen LogP contribution in [0, 0.1) is 0 Å². The maximum atomic E-state index is 12.8. The number of aliphatic carboxylic acids is 1. The van der Waals surface area contributed by atoms with Crippen LogP contribution in [0.25, 0.3) is 11.1 Å². The van der Waals surface area contributed by atoms with Gasteiger partial charge in [-0.1, -0.05) is 55.5 Å². The van der Waals surface area contributed by atoms with Crippen molar-refractivity contribution in [3.8, 4) is 11.1 Å². The van der Waals surface area contributed by atoms with Crippen molar-refractivity contribution in [3.05, 3.63) is 59.7 Å². The van der Waals surface area contributed by atoms with Crippen LogP contribution in [0.4, 0.5) is 4.79 Å². The highest BCUT2D eigenvalue weighted by molar-refractivity contribution is 5.89. The van der Waals surface area contributed by atoms with E-state index >= 15 is 0 Å². The summed E-state index contributed by atoms with van der Waals surface area (Å²) in [6, 6.07) is 13.9. The highest BCUT2D eigenvalue weighted by Crippen LogP contribution is 2.44. The standard InChI is InChI=1S/C26H32N2O6/c1-5-21(24(30)31)27-23(29)22(14-26(2,3)33-4)28-25(32)34-15-20-18-12-8-6-10-16(18)17-11-7-9-13-19(17)20/h6-13,20-22H,5,14-15H2,1-4H3,(H,27,29)(H,28,32)(H,30,31). The highest BCUT2D eigenvalue weighted by Gasteiger charge is 2.33. The number of carboxylic acids is 1. The van der Waals surface area contributed by atoms with Gasteiger partial charge in [0.1, 0.15) is 18.7 Å². The summed E-state index contributed by atoms with van der Waals surface area (Å²) in [6.45, 7) is 5.32. The molecule has 0 spiro atoms. The number of alkyl carbamates (subject to hydrolysis) is 1. The van der Waals surface area contributed by atoms with Crippen molar-refractivity contribution in [3.63, 3.8) is 0 Å². The average molecular weight is 469 g/mol. The molecule has 2 atom stereocenters. The second-order valence-electron chi connectivity index (χ2n) is 9.00. The number of ether oxygens (including phenoxy) is 2. The molecule has 1 aliphatic rings. The summed E-state index contributed by atoms with van der Waals surface area (Å²) in [5.74, 6) is -1.85. The Morgan fingerprint density at radius 3 is 2.03 bits per heavy atom. The summed E-state index contributed by atoms with van der Waals surface area (Å²) >= 11 is 0. The van der Waals surface area contributed by atoms with Crippen LogP contribution in [0.3, 0.4) is 0 Å². The van der Waals surface area contributed by atoms with Gasteiger partial charge in [-0.2, -0.15) is 0 Å². The Bertz CT molecular complexity index is 1010. The van der Waals surface area contributed by atoms with E-state index in [0.29, 0.717) is 0 Å². The lowest BCUT2D eigenvalue weighted by atomic mass is 9.97. The van der Waals surface area contributed by atoms with Crippen LogP contribution in [-0.4, -0.2) is 54.5 Å². The van der Waals surface area contributed by atoms with Gasteiger partial charge in [-0.05, 0) is 42.5 Å². The molecule has 0 saturated carbocycles. The van der Waals surface area contributed by atoms with Gasteiger partial charge in [0.15, 0.2) is 0 Å². The second kappa shape index (κ2) is 10.7. The topological polar surface area (TPSA) is 114 Å². The lowest BCUT2D eigenvalue weighted by molar-refractivity contribution is -0.142. The molecule has 3 rings (SSSR count). The first-order valence-electron chi connectivity index (χ1n) is 11.4. The zero-order valence-electron chi connectivity index (χ0n) is 20.0. The normalized spacial score (nSPS) is 14.5. The van der Waals surface area contributed by atoms with E-state index in [1.54, 1.807) is 20.8 Å². The van der Waals surface area contributed by atoms with Gasteiger partial charge >= 0.3 is 12.1 Å². The summed E-state index contributed by atoms with van der Waals surface area (Å²) in [7, 11) is 1.51. The third-order valence-electron chi connectivity index (χ3n) is 6.22. The van der Waals surface area contributed by atoms with Crippen molar-refractivity contribution in [1.29, 1.82) is 0 Å². The Labute approximate surface area is 199 Å². The fourth-order valence-corrected chi connectivity index (χ4v) is 4.18. The van der Waals surface area contributed by atoms with Gasteiger partial charge in [0.05, 0.1) is 5.60 Å². The van der Waals surface area contributed by atoms with Gasteiger partial charge in [0.2, 0.25) is 5.91 Å². The van der Waals surface area contributed by atoms with Gasteiger partial charge in [-0.15, -0.1) is 0 Å². The maximum Gasteiger partial charge on any atom is 0.407 e. The molecule has 0 bridgehead atoms. The molecule has 0 saturated heterocycles. The average Bonchev–Trinajstić information content (AvgIpc) is 3.14. The van der Waals surface area contributed by atoms with Crippen LogP contribution in [-0.2, 0) is 19.1 Å². The van der Waals surface area contributed by atoms with Gasteiger partial charge in [0.25, 0.3) is 0 Å². The highest BCUT2D eigenvalue weighted by atomic mass is 16.5. The fraction of sp³-hybridized carbons (Fsp3) is 0.423. The summed E-state index contributed by atoms with van der Waals surface area (Å²) in [6.07, 6.45) is -0.403. The van der Waals surface area contributed by atoms with Crippen molar-refractivity contribution in [1.82, 2.24) is 10.6 Å². The minimum Gasteiger partial charge on any atom is -0.480 e. The molecule has 34 heavy (non-hydrogen) atoms. The smallest absolute Gasteiger partial charge is 0.407 e. The number of rotatable bonds is 10. The number of benzene rings is 2. The number of nitrogens with one attached hydrogen (secondary N) is 2. The lowest BCUT2D eigenvalue weighted by Crippen LogP contribution is -2.53. The number of amides is 2. The zero-order valence-corrected chi connectivity index (χ0v) is 20.0. The molecule has 2 aromatic carbocycles. The maximum absolute atomic E-state index is 12.8. The Morgan fingerprint density at radius 1 is 0.971 bits per heavy atom. The predicted molar refractivity (Wildman–Crippen MR) is 128 cm³/mol. The molecule has 8 nitrogen and oxygen atoms in total. The van der Waals surface area contributed by atoms with Crippen LogP contribution in [0.1, 0.15) is 50.7 Å². The number of hydrogen-bond donors (Lipinski definition) is 3. The summed E-state index contributed by atoms with van der Waals surface area (Å²) in [5.41, 5.74) is 3.66. The van der Waals surface area contributed by atoms with Crippen molar-refractivity contribution in [2.45, 2.75) is 57.2 Å². The lowest BCUT2D eigenvalue weighted by Gasteiger charge is -2.29. The largest absolute Gasteiger partial charge is 0.480 e. The Balaban J connectivity index is 1.71. The van der Waals surface area contributed by atoms with E-state index < -0.39 is 35.7 Å². The van der Waals surface area contributed by atoms with E-state index in [9.17, 15) is 19.5 Å². The van der Waals surface area contributed by atoms with Crippen LogP contribution in [0.2, 0.25) is 0 Å². The first kappa shape index (κ1) is 25.2. The van der Waals surface area contributed by atoms with E-state index in [0.717, 1.165) is 22.3 Å². The van der Waals surface area contributed by atoms with Crippen LogP contribution in [0.5, 0.6) is 0 Å².